The lowest BCUT2D eigenvalue weighted by Gasteiger charge is -2.14. The Morgan fingerprint density at radius 3 is 2.37 bits per heavy atom. The zero-order valence-corrected chi connectivity index (χ0v) is 17.7. The number of benzene rings is 3. The van der Waals surface area contributed by atoms with Crippen LogP contribution in [-0.2, 0) is 4.74 Å². The lowest BCUT2D eigenvalue weighted by Crippen LogP contribution is -2.26. The standard InChI is InChI=1S/C26H24ClNO2/c1-18-13-14-19(25(27)16-18)8-6-7-15-28-26(29)30-17-24-22-11-4-2-9-20(22)21-10-3-5-12-23(21)24/h2-6,8-14,16,24H,7,15,17H2,1H3,(H,28,29). The third kappa shape index (κ3) is 4.42. The first-order valence-corrected chi connectivity index (χ1v) is 10.5. The van der Waals surface area contributed by atoms with E-state index in [1.54, 1.807) is 0 Å². The molecule has 0 unspecified atom stereocenters. The Morgan fingerprint density at radius 1 is 1.03 bits per heavy atom. The fourth-order valence-corrected chi connectivity index (χ4v) is 4.18. The number of halogens is 1. The van der Waals surface area contributed by atoms with Gasteiger partial charge in [0.05, 0.1) is 0 Å². The molecule has 0 radical (unpaired) electrons. The summed E-state index contributed by atoms with van der Waals surface area (Å²) in [6.07, 6.45) is 4.29. The van der Waals surface area contributed by atoms with E-state index in [0.717, 1.165) is 16.1 Å². The number of alkyl carbamates (subject to hydrolysis) is 1. The third-order valence-electron chi connectivity index (χ3n) is 5.38. The molecule has 4 rings (SSSR count). The van der Waals surface area contributed by atoms with E-state index in [2.05, 4.69) is 29.6 Å². The van der Waals surface area contributed by atoms with Crippen LogP contribution in [0.25, 0.3) is 17.2 Å². The molecule has 152 valence electrons. The second-order valence-electron chi connectivity index (χ2n) is 7.47. The smallest absolute Gasteiger partial charge is 0.407 e. The summed E-state index contributed by atoms with van der Waals surface area (Å²) >= 11 is 6.23. The van der Waals surface area contributed by atoms with Crippen LogP contribution in [0.15, 0.2) is 72.8 Å². The van der Waals surface area contributed by atoms with Crippen molar-refractivity contribution in [3.63, 3.8) is 0 Å². The molecule has 1 aliphatic rings. The van der Waals surface area contributed by atoms with E-state index in [-0.39, 0.29) is 5.92 Å². The van der Waals surface area contributed by atoms with Gasteiger partial charge >= 0.3 is 6.09 Å². The van der Waals surface area contributed by atoms with Crippen molar-refractivity contribution in [3.05, 3.63) is 100 Å². The Bertz CT molecular complexity index is 1040. The molecular weight excluding hydrogens is 394 g/mol. The summed E-state index contributed by atoms with van der Waals surface area (Å²) in [5, 5.41) is 3.55. The fraction of sp³-hybridized carbons (Fsp3) is 0.192. The molecule has 0 saturated heterocycles. The molecular formula is C26H24ClNO2. The van der Waals surface area contributed by atoms with E-state index in [1.165, 1.54) is 22.3 Å². The van der Waals surface area contributed by atoms with Crippen molar-refractivity contribution in [3.8, 4) is 11.1 Å². The maximum Gasteiger partial charge on any atom is 0.407 e. The number of rotatable bonds is 6. The molecule has 3 aromatic carbocycles. The number of hydrogen-bond acceptors (Lipinski definition) is 2. The minimum Gasteiger partial charge on any atom is -0.449 e. The van der Waals surface area contributed by atoms with Gasteiger partial charge in [-0.15, -0.1) is 0 Å². The number of ether oxygens (including phenoxy) is 1. The first-order chi connectivity index (χ1) is 14.6. The molecule has 0 spiro atoms. The van der Waals surface area contributed by atoms with Crippen LogP contribution in [0.4, 0.5) is 4.79 Å². The quantitative estimate of drug-likeness (QED) is 0.459. The number of carbonyl (C=O) groups is 1. The molecule has 0 heterocycles. The highest BCUT2D eigenvalue weighted by molar-refractivity contribution is 6.32. The van der Waals surface area contributed by atoms with Gasteiger partial charge in [0.25, 0.3) is 0 Å². The predicted molar refractivity (Wildman–Crippen MR) is 123 cm³/mol. The summed E-state index contributed by atoms with van der Waals surface area (Å²) in [6, 6.07) is 22.6. The number of hydrogen-bond donors (Lipinski definition) is 1. The van der Waals surface area contributed by atoms with Crippen LogP contribution in [0.1, 0.15) is 34.6 Å². The number of nitrogens with one attached hydrogen (secondary N) is 1. The van der Waals surface area contributed by atoms with Crippen LogP contribution < -0.4 is 5.32 Å². The number of fused-ring (bicyclic) bond motifs is 3. The van der Waals surface area contributed by atoms with Gasteiger partial charge in [0, 0.05) is 17.5 Å². The summed E-state index contributed by atoms with van der Waals surface area (Å²) < 4.78 is 5.54. The van der Waals surface area contributed by atoms with Gasteiger partial charge in [0.2, 0.25) is 0 Å². The second-order valence-corrected chi connectivity index (χ2v) is 7.88. The van der Waals surface area contributed by atoms with Crippen LogP contribution in [0.3, 0.4) is 0 Å². The third-order valence-corrected chi connectivity index (χ3v) is 5.70. The molecule has 0 bridgehead atoms. The molecule has 0 saturated carbocycles. The molecule has 1 N–H and O–H groups in total. The van der Waals surface area contributed by atoms with E-state index < -0.39 is 6.09 Å². The topological polar surface area (TPSA) is 38.3 Å². The highest BCUT2D eigenvalue weighted by Gasteiger charge is 2.28. The predicted octanol–water partition coefficient (Wildman–Crippen LogP) is 6.59. The Kier molecular flexibility index (Phi) is 6.20. The van der Waals surface area contributed by atoms with Crippen molar-refractivity contribution in [1.29, 1.82) is 0 Å². The molecule has 0 aromatic heterocycles. The van der Waals surface area contributed by atoms with Crippen LogP contribution in [-0.4, -0.2) is 19.2 Å². The maximum atomic E-state index is 12.2. The summed E-state index contributed by atoms with van der Waals surface area (Å²) in [6.45, 7) is 2.85. The normalized spacial score (nSPS) is 12.6. The van der Waals surface area contributed by atoms with E-state index in [9.17, 15) is 4.79 Å². The molecule has 30 heavy (non-hydrogen) atoms. The van der Waals surface area contributed by atoms with Gasteiger partial charge in [-0.05, 0) is 52.8 Å². The SMILES string of the molecule is Cc1ccc(C=CCCNC(=O)OCC2c3ccccc3-c3ccccc32)c(Cl)c1. The summed E-state index contributed by atoms with van der Waals surface area (Å²) in [5.41, 5.74) is 6.98. The van der Waals surface area contributed by atoms with Gasteiger partial charge in [-0.2, -0.15) is 0 Å². The Labute approximate surface area is 182 Å². The first kappa shape index (κ1) is 20.2. The molecule has 1 amide bonds. The van der Waals surface area contributed by atoms with Crippen molar-refractivity contribution >= 4 is 23.8 Å². The number of amides is 1. The van der Waals surface area contributed by atoms with Crippen LogP contribution in [0, 0.1) is 6.92 Å². The maximum absolute atomic E-state index is 12.2. The number of carbonyl (C=O) groups excluding carboxylic acids is 1. The average molecular weight is 418 g/mol. The summed E-state index contributed by atoms with van der Waals surface area (Å²) in [4.78, 5) is 12.2. The summed E-state index contributed by atoms with van der Waals surface area (Å²) in [5.74, 6) is 0.0757. The van der Waals surface area contributed by atoms with Gasteiger partial charge in [-0.1, -0.05) is 84.4 Å². The van der Waals surface area contributed by atoms with E-state index in [0.29, 0.717) is 19.6 Å². The second kappa shape index (κ2) is 9.19. The van der Waals surface area contributed by atoms with Gasteiger partial charge < -0.3 is 10.1 Å². The van der Waals surface area contributed by atoms with Crippen molar-refractivity contribution in [1.82, 2.24) is 5.32 Å². The minimum absolute atomic E-state index is 0.0757. The monoisotopic (exact) mass is 417 g/mol. The van der Waals surface area contributed by atoms with Gasteiger partial charge in [0.1, 0.15) is 6.61 Å². The van der Waals surface area contributed by atoms with Crippen molar-refractivity contribution in [2.24, 2.45) is 0 Å². The average Bonchev–Trinajstić information content (AvgIpc) is 3.07. The van der Waals surface area contributed by atoms with Crippen LogP contribution in [0.2, 0.25) is 5.02 Å². The van der Waals surface area contributed by atoms with Crippen molar-refractivity contribution in [2.45, 2.75) is 19.3 Å². The highest BCUT2D eigenvalue weighted by atomic mass is 35.5. The van der Waals surface area contributed by atoms with Crippen molar-refractivity contribution in [2.75, 3.05) is 13.2 Å². The minimum atomic E-state index is -0.390. The molecule has 3 aromatic rings. The first-order valence-electron chi connectivity index (χ1n) is 10.1. The Morgan fingerprint density at radius 2 is 1.70 bits per heavy atom. The molecule has 0 aliphatic heterocycles. The van der Waals surface area contributed by atoms with Crippen molar-refractivity contribution < 1.29 is 9.53 Å². The zero-order valence-electron chi connectivity index (χ0n) is 16.9. The highest BCUT2D eigenvalue weighted by Crippen LogP contribution is 2.44. The Hall–Kier alpha value is -3.04. The zero-order chi connectivity index (χ0) is 20.9. The molecule has 0 atom stereocenters. The van der Waals surface area contributed by atoms with E-state index >= 15 is 0 Å². The lowest BCUT2D eigenvalue weighted by molar-refractivity contribution is 0.143. The lowest BCUT2D eigenvalue weighted by atomic mass is 9.98. The van der Waals surface area contributed by atoms with Gasteiger partial charge in [-0.3, -0.25) is 0 Å². The Balaban J connectivity index is 1.28. The largest absolute Gasteiger partial charge is 0.449 e. The van der Waals surface area contributed by atoms with Gasteiger partial charge in [0.15, 0.2) is 0 Å². The van der Waals surface area contributed by atoms with E-state index in [4.69, 9.17) is 16.3 Å². The van der Waals surface area contributed by atoms with Crippen LogP contribution >= 0.6 is 11.6 Å². The molecule has 4 heteroatoms. The van der Waals surface area contributed by atoms with E-state index in [1.807, 2.05) is 61.5 Å². The molecule has 0 fully saturated rings. The number of aryl methyl sites for hydroxylation is 1. The summed E-state index contributed by atoms with van der Waals surface area (Å²) in [7, 11) is 0. The molecule has 1 aliphatic carbocycles. The fourth-order valence-electron chi connectivity index (χ4n) is 3.88. The van der Waals surface area contributed by atoms with Gasteiger partial charge in [-0.25, -0.2) is 4.79 Å². The molecule has 3 nitrogen and oxygen atoms in total. The van der Waals surface area contributed by atoms with Crippen LogP contribution in [0.5, 0.6) is 0 Å².